The number of nitrogens with one attached hydrogen (secondary N) is 2. The topological polar surface area (TPSA) is 114 Å². The van der Waals surface area contributed by atoms with E-state index in [0.717, 1.165) is 79.3 Å². The lowest BCUT2D eigenvalue weighted by Crippen LogP contribution is -2.41. The van der Waals surface area contributed by atoms with Gasteiger partial charge in [-0.3, -0.25) is 29.4 Å². The summed E-state index contributed by atoms with van der Waals surface area (Å²) in [5.41, 5.74) is 4.68. The van der Waals surface area contributed by atoms with Crippen molar-refractivity contribution >= 4 is 23.5 Å². The fraction of sp³-hybridized carbons (Fsp3) is 0.515. The molecule has 0 bridgehead atoms. The minimum Gasteiger partial charge on any atom is -0.492 e. The van der Waals surface area contributed by atoms with Gasteiger partial charge in [0.05, 0.1) is 19.6 Å². The number of aryl methyl sites for hydroxylation is 2. The van der Waals surface area contributed by atoms with Gasteiger partial charge >= 0.3 is 0 Å². The molecule has 2 heterocycles. The Balaban J connectivity index is 1.06. The molecule has 2 aromatic carbocycles. The number of fused-ring (bicyclic) bond motifs is 1. The van der Waals surface area contributed by atoms with Crippen LogP contribution < -0.4 is 15.4 Å². The maximum Gasteiger partial charge on any atom is 0.229 e. The Labute approximate surface area is 247 Å². The molecule has 0 radical (unpaired) electrons. The first-order valence-electron chi connectivity index (χ1n) is 15.1. The van der Waals surface area contributed by atoms with Crippen LogP contribution in [-0.2, 0) is 38.5 Å². The molecule has 2 atom stereocenters. The first-order chi connectivity index (χ1) is 20.4. The highest BCUT2D eigenvalue weighted by molar-refractivity contribution is 6.00. The monoisotopic (exact) mass is 575 g/mol. The molecule has 3 amide bonds. The molecule has 9 nitrogen and oxygen atoms in total. The Morgan fingerprint density at radius 1 is 1.00 bits per heavy atom. The van der Waals surface area contributed by atoms with E-state index in [1.807, 2.05) is 43.3 Å². The lowest BCUT2D eigenvalue weighted by Gasteiger charge is -2.26. The predicted molar refractivity (Wildman–Crippen MR) is 157 cm³/mol. The van der Waals surface area contributed by atoms with Crippen molar-refractivity contribution in [3.63, 3.8) is 0 Å². The lowest BCUT2D eigenvalue weighted by molar-refractivity contribution is -0.136. The Hall–Kier alpha value is -3.56. The van der Waals surface area contributed by atoms with Crippen molar-refractivity contribution in [2.45, 2.75) is 58.4 Å². The number of Topliss-reactive ketones (excluding diaryl/α,β-unsaturated/α-hetero) is 1. The summed E-state index contributed by atoms with van der Waals surface area (Å²) in [5.74, 6) is 0.200. The highest BCUT2D eigenvalue weighted by Gasteiger charge is 2.31. The standard InChI is InChI=1S/C33H41N3O6/c1-22-18-23(3-10-29(22)42-17-14-36-12-15-41-16-13-36)20-31(38)34-21-24-2-9-28-27(19-24)7-5-25(32(28)39)4-6-26-8-11-30(37)35-33(26)40/h2-3,9-10,18-19,25-26H,4-8,11-17,20-21H2,1H3,(H,34,38)(H,35,37,40). The molecule has 9 heteroatoms. The third-order valence-electron chi connectivity index (χ3n) is 8.65. The van der Waals surface area contributed by atoms with Crippen LogP contribution in [0.2, 0.25) is 0 Å². The number of morpholine rings is 1. The van der Waals surface area contributed by atoms with Gasteiger partial charge in [-0.2, -0.15) is 0 Å². The van der Waals surface area contributed by atoms with Crippen LogP contribution in [0.25, 0.3) is 0 Å². The quantitative estimate of drug-likeness (QED) is 0.396. The molecular formula is C33H41N3O6. The van der Waals surface area contributed by atoms with Crippen molar-refractivity contribution in [1.29, 1.82) is 0 Å². The van der Waals surface area contributed by atoms with Gasteiger partial charge in [-0.1, -0.05) is 30.3 Å². The van der Waals surface area contributed by atoms with Gasteiger partial charge in [0.15, 0.2) is 5.78 Å². The molecule has 2 aromatic rings. The van der Waals surface area contributed by atoms with Crippen LogP contribution in [0, 0.1) is 18.8 Å². The van der Waals surface area contributed by atoms with E-state index in [2.05, 4.69) is 15.5 Å². The second-order valence-electron chi connectivity index (χ2n) is 11.7. The fourth-order valence-electron chi connectivity index (χ4n) is 6.12. The van der Waals surface area contributed by atoms with E-state index in [9.17, 15) is 19.2 Å². The second-order valence-corrected chi connectivity index (χ2v) is 11.7. The van der Waals surface area contributed by atoms with Crippen LogP contribution in [0.15, 0.2) is 36.4 Å². The van der Waals surface area contributed by atoms with Crippen LogP contribution in [-0.4, -0.2) is 67.9 Å². The van der Waals surface area contributed by atoms with Gasteiger partial charge < -0.3 is 14.8 Å². The Morgan fingerprint density at radius 3 is 2.55 bits per heavy atom. The molecule has 224 valence electrons. The highest BCUT2D eigenvalue weighted by Crippen LogP contribution is 2.31. The molecule has 2 saturated heterocycles. The molecule has 2 aliphatic heterocycles. The Morgan fingerprint density at radius 2 is 1.76 bits per heavy atom. The van der Waals surface area contributed by atoms with E-state index in [1.165, 1.54) is 0 Å². The van der Waals surface area contributed by atoms with E-state index in [0.29, 0.717) is 38.8 Å². The highest BCUT2D eigenvalue weighted by atomic mass is 16.5. The summed E-state index contributed by atoms with van der Waals surface area (Å²) in [7, 11) is 0. The smallest absolute Gasteiger partial charge is 0.229 e. The number of ketones is 1. The van der Waals surface area contributed by atoms with Crippen molar-refractivity contribution in [1.82, 2.24) is 15.5 Å². The van der Waals surface area contributed by atoms with Gasteiger partial charge in [0, 0.05) is 50.0 Å². The minimum atomic E-state index is -0.212. The van der Waals surface area contributed by atoms with Crippen molar-refractivity contribution in [3.05, 3.63) is 64.2 Å². The molecule has 42 heavy (non-hydrogen) atoms. The molecule has 3 aliphatic rings. The minimum absolute atomic E-state index is 0.0577. The van der Waals surface area contributed by atoms with Gasteiger partial charge in [-0.05, 0) is 67.3 Å². The molecular weight excluding hydrogens is 534 g/mol. The number of hydrogen-bond acceptors (Lipinski definition) is 7. The van der Waals surface area contributed by atoms with Gasteiger partial charge in [0.1, 0.15) is 12.4 Å². The van der Waals surface area contributed by atoms with E-state index in [-0.39, 0.29) is 41.8 Å². The molecule has 0 aromatic heterocycles. The van der Waals surface area contributed by atoms with Crippen LogP contribution in [0.4, 0.5) is 0 Å². The number of hydrogen-bond donors (Lipinski definition) is 2. The molecule has 5 rings (SSSR count). The van der Waals surface area contributed by atoms with Crippen LogP contribution in [0.1, 0.15) is 64.7 Å². The number of carbonyl (C=O) groups is 4. The summed E-state index contributed by atoms with van der Waals surface area (Å²) in [6.07, 6.45) is 4.04. The number of nitrogens with zero attached hydrogens (tertiary/aromatic N) is 1. The van der Waals surface area contributed by atoms with Crippen molar-refractivity contribution in [3.8, 4) is 5.75 Å². The number of imide groups is 1. The number of ether oxygens (including phenoxy) is 2. The zero-order valence-corrected chi connectivity index (χ0v) is 24.4. The molecule has 2 N–H and O–H groups in total. The summed E-state index contributed by atoms with van der Waals surface area (Å²) in [6, 6.07) is 11.7. The van der Waals surface area contributed by atoms with Gasteiger partial charge in [0.2, 0.25) is 17.7 Å². The summed E-state index contributed by atoms with van der Waals surface area (Å²) in [5, 5.41) is 5.41. The van der Waals surface area contributed by atoms with Crippen LogP contribution >= 0.6 is 0 Å². The van der Waals surface area contributed by atoms with E-state index in [4.69, 9.17) is 9.47 Å². The van der Waals surface area contributed by atoms with Crippen molar-refractivity contribution < 1.29 is 28.7 Å². The van der Waals surface area contributed by atoms with E-state index in [1.54, 1.807) is 0 Å². The van der Waals surface area contributed by atoms with Crippen LogP contribution in [0.5, 0.6) is 5.75 Å². The van der Waals surface area contributed by atoms with Crippen molar-refractivity contribution in [2.75, 3.05) is 39.5 Å². The number of benzene rings is 2. The third kappa shape index (κ3) is 7.83. The molecule has 0 saturated carbocycles. The Bertz CT molecular complexity index is 1320. The summed E-state index contributed by atoms with van der Waals surface area (Å²) in [6.45, 7) is 7.32. The number of carbonyl (C=O) groups excluding carboxylic acids is 4. The fourth-order valence-corrected chi connectivity index (χ4v) is 6.12. The first kappa shape index (κ1) is 29.9. The largest absolute Gasteiger partial charge is 0.492 e. The number of piperidine rings is 1. The van der Waals surface area contributed by atoms with Crippen LogP contribution in [0.3, 0.4) is 0 Å². The lowest BCUT2D eigenvalue weighted by atomic mass is 9.78. The summed E-state index contributed by atoms with van der Waals surface area (Å²) < 4.78 is 11.4. The van der Waals surface area contributed by atoms with Gasteiger partial charge in [-0.25, -0.2) is 0 Å². The number of rotatable bonds is 11. The average molecular weight is 576 g/mol. The number of amides is 3. The molecule has 2 fully saturated rings. The first-order valence-corrected chi connectivity index (χ1v) is 15.1. The van der Waals surface area contributed by atoms with E-state index >= 15 is 0 Å². The predicted octanol–water partition coefficient (Wildman–Crippen LogP) is 3.14. The summed E-state index contributed by atoms with van der Waals surface area (Å²) in [4.78, 5) is 51.6. The zero-order chi connectivity index (χ0) is 29.5. The van der Waals surface area contributed by atoms with Gasteiger partial charge in [0.25, 0.3) is 0 Å². The van der Waals surface area contributed by atoms with E-state index < -0.39 is 0 Å². The summed E-state index contributed by atoms with van der Waals surface area (Å²) >= 11 is 0. The zero-order valence-electron chi connectivity index (χ0n) is 24.4. The molecule has 0 spiro atoms. The normalized spacial score (nSPS) is 21.0. The maximum absolute atomic E-state index is 13.1. The third-order valence-corrected chi connectivity index (χ3v) is 8.65. The molecule has 1 aliphatic carbocycles. The molecule has 2 unspecified atom stereocenters. The Kier molecular flexibility index (Phi) is 10.0. The maximum atomic E-state index is 13.1. The second kappa shape index (κ2) is 14.1. The SMILES string of the molecule is Cc1cc(CC(=O)NCc2ccc3c(c2)CCC(CCC2CCC(=O)NC2=O)C3=O)ccc1OCCN1CCOCC1. The van der Waals surface area contributed by atoms with Gasteiger partial charge in [-0.15, -0.1) is 0 Å². The average Bonchev–Trinajstić information content (AvgIpc) is 2.98. The van der Waals surface area contributed by atoms with Crippen molar-refractivity contribution in [2.24, 2.45) is 11.8 Å².